The summed E-state index contributed by atoms with van der Waals surface area (Å²) in [6.07, 6.45) is 2.06. The highest BCUT2D eigenvalue weighted by Gasteiger charge is 2.04. The van der Waals surface area contributed by atoms with Crippen molar-refractivity contribution in [2.75, 3.05) is 34.3 Å². The third-order valence-corrected chi connectivity index (χ3v) is 2.86. The predicted octanol–water partition coefficient (Wildman–Crippen LogP) is 1.31. The molecule has 0 aliphatic carbocycles. The molecule has 0 aliphatic rings. The van der Waals surface area contributed by atoms with Gasteiger partial charge in [0.15, 0.2) is 0 Å². The maximum Gasteiger partial charge on any atom is 0.233 e. The molecule has 100 valence electrons. The van der Waals surface area contributed by atoms with Crippen LogP contribution in [0.25, 0.3) is 0 Å². The van der Waals surface area contributed by atoms with Gasteiger partial charge in [-0.3, -0.25) is 9.69 Å². The van der Waals surface area contributed by atoms with Crippen LogP contribution >= 0.6 is 0 Å². The fourth-order valence-electron chi connectivity index (χ4n) is 1.75. The van der Waals surface area contributed by atoms with E-state index in [2.05, 4.69) is 17.4 Å². The fourth-order valence-corrected chi connectivity index (χ4v) is 1.75. The molecular weight excluding hydrogens is 228 g/mol. The molecule has 0 fully saturated rings. The number of ether oxygens (including phenoxy) is 1. The molecule has 0 bridgehead atoms. The van der Waals surface area contributed by atoms with E-state index in [1.807, 2.05) is 24.1 Å². The Kier molecular flexibility index (Phi) is 6.22. The van der Waals surface area contributed by atoms with Crippen LogP contribution in [0.2, 0.25) is 0 Å². The largest absolute Gasteiger partial charge is 0.497 e. The predicted molar refractivity (Wildman–Crippen MR) is 72.9 cm³/mol. The van der Waals surface area contributed by atoms with E-state index in [1.54, 1.807) is 14.2 Å². The van der Waals surface area contributed by atoms with Crippen molar-refractivity contribution in [1.82, 2.24) is 10.2 Å². The first kappa shape index (κ1) is 14.5. The van der Waals surface area contributed by atoms with E-state index in [-0.39, 0.29) is 5.91 Å². The van der Waals surface area contributed by atoms with E-state index < -0.39 is 0 Å². The summed E-state index contributed by atoms with van der Waals surface area (Å²) in [5.74, 6) is 0.942. The first-order valence-electron chi connectivity index (χ1n) is 6.17. The zero-order valence-electron chi connectivity index (χ0n) is 11.4. The molecule has 0 radical (unpaired) electrons. The number of rotatable bonds is 7. The monoisotopic (exact) mass is 250 g/mol. The Labute approximate surface area is 109 Å². The molecule has 1 amide bonds. The van der Waals surface area contributed by atoms with Gasteiger partial charge in [0.1, 0.15) is 5.75 Å². The molecule has 1 rings (SSSR count). The van der Waals surface area contributed by atoms with Gasteiger partial charge in [-0.05, 0) is 44.1 Å². The van der Waals surface area contributed by atoms with Gasteiger partial charge in [-0.2, -0.15) is 0 Å². The Morgan fingerprint density at radius 3 is 2.56 bits per heavy atom. The molecule has 1 aromatic carbocycles. The number of carbonyl (C=O) groups excluding carboxylic acids is 1. The zero-order valence-corrected chi connectivity index (χ0v) is 11.4. The average Bonchev–Trinajstić information content (AvgIpc) is 2.39. The lowest BCUT2D eigenvalue weighted by molar-refractivity contribution is -0.121. The average molecular weight is 250 g/mol. The second-order valence-corrected chi connectivity index (χ2v) is 4.36. The lowest BCUT2D eigenvalue weighted by Gasteiger charge is -2.15. The summed E-state index contributed by atoms with van der Waals surface area (Å²) in [7, 11) is 5.29. The number of methoxy groups -OCH3 is 1. The first-order chi connectivity index (χ1) is 8.65. The molecule has 0 saturated heterocycles. The van der Waals surface area contributed by atoms with Crippen LogP contribution in [0.3, 0.4) is 0 Å². The van der Waals surface area contributed by atoms with E-state index in [0.29, 0.717) is 6.54 Å². The number of amides is 1. The van der Waals surface area contributed by atoms with Gasteiger partial charge < -0.3 is 10.1 Å². The van der Waals surface area contributed by atoms with Crippen molar-refractivity contribution in [3.8, 4) is 5.75 Å². The number of hydrogen-bond donors (Lipinski definition) is 1. The minimum atomic E-state index is 0.0574. The highest BCUT2D eigenvalue weighted by Crippen LogP contribution is 2.12. The van der Waals surface area contributed by atoms with Crippen LogP contribution < -0.4 is 10.1 Å². The Balaban J connectivity index is 2.26. The molecular formula is C14H22N2O2. The van der Waals surface area contributed by atoms with Gasteiger partial charge in [-0.1, -0.05) is 12.1 Å². The molecule has 4 nitrogen and oxygen atoms in total. The molecule has 0 saturated carbocycles. The van der Waals surface area contributed by atoms with Crippen LogP contribution in [0.4, 0.5) is 0 Å². The molecule has 1 aromatic rings. The topological polar surface area (TPSA) is 41.6 Å². The van der Waals surface area contributed by atoms with E-state index in [9.17, 15) is 4.79 Å². The van der Waals surface area contributed by atoms with Crippen molar-refractivity contribution in [1.29, 1.82) is 0 Å². The van der Waals surface area contributed by atoms with Crippen LogP contribution in [0, 0.1) is 0 Å². The Bertz CT molecular complexity index is 363. The van der Waals surface area contributed by atoms with Crippen molar-refractivity contribution in [3.63, 3.8) is 0 Å². The molecule has 18 heavy (non-hydrogen) atoms. The summed E-state index contributed by atoms with van der Waals surface area (Å²) in [6.45, 7) is 1.37. The van der Waals surface area contributed by atoms with Gasteiger partial charge in [-0.25, -0.2) is 0 Å². The van der Waals surface area contributed by atoms with Crippen molar-refractivity contribution >= 4 is 5.91 Å². The van der Waals surface area contributed by atoms with E-state index in [4.69, 9.17) is 4.74 Å². The summed E-state index contributed by atoms with van der Waals surface area (Å²) < 4.78 is 5.12. The molecule has 0 atom stereocenters. The Hall–Kier alpha value is -1.55. The molecule has 0 unspecified atom stereocenters. The lowest BCUT2D eigenvalue weighted by atomic mass is 10.1. The molecule has 1 N–H and O–H groups in total. The minimum Gasteiger partial charge on any atom is -0.497 e. The number of nitrogens with zero attached hydrogens (tertiary/aromatic N) is 1. The van der Waals surface area contributed by atoms with Crippen LogP contribution in [0.5, 0.6) is 5.75 Å². The molecule has 0 aliphatic heterocycles. The maximum absolute atomic E-state index is 11.2. The highest BCUT2D eigenvalue weighted by atomic mass is 16.5. The normalized spacial score (nSPS) is 10.4. The van der Waals surface area contributed by atoms with Crippen molar-refractivity contribution < 1.29 is 9.53 Å². The summed E-state index contributed by atoms with van der Waals surface area (Å²) in [4.78, 5) is 13.2. The fraction of sp³-hybridized carbons (Fsp3) is 0.500. The lowest BCUT2D eigenvalue weighted by Crippen LogP contribution is -2.33. The van der Waals surface area contributed by atoms with Crippen LogP contribution in [-0.2, 0) is 11.2 Å². The van der Waals surface area contributed by atoms with Gasteiger partial charge in [-0.15, -0.1) is 0 Å². The second-order valence-electron chi connectivity index (χ2n) is 4.36. The maximum atomic E-state index is 11.2. The van der Waals surface area contributed by atoms with Crippen LogP contribution in [0.1, 0.15) is 12.0 Å². The van der Waals surface area contributed by atoms with Gasteiger partial charge in [0.25, 0.3) is 0 Å². The third kappa shape index (κ3) is 5.19. The summed E-state index contributed by atoms with van der Waals surface area (Å²) in [5, 5.41) is 2.62. The standard InChI is InChI=1S/C14H22N2O2/c1-15-14(17)11-16(2)10-4-5-12-6-8-13(18-3)9-7-12/h6-9H,4-5,10-11H2,1-3H3,(H,15,17). The first-order valence-corrected chi connectivity index (χ1v) is 6.17. The van der Waals surface area contributed by atoms with E-state index in [1.165, 1.54) is 5.56 Å². The number of benzene rings is 1. The van der Waals surface area contributed by atoms with Crippen molar-refractivity contribution in [3.05, 3.63) is 29.8 Å². The van der Waals surface area contributed by atoms with E-state index >= 15 is 0 Å². The molecule has 4 heteroatoms. The van der Waals surface area contributed by atoms with Gasteiger partial charge in [0.2, 0.25) is 5.91 Å². The molecule has 0 aromatic heterocycles. The van der Waals surface area contributed by atoms with Gasteiger partial charge >= 0.3 is 0 Å². The SMILES string of the molecule is CNC(=O)CN(C)CCCc1ccc(OC)cc1. The van der Waals surface area contributed by atoms with Crippen LogP contribution in [0.15, 0.2) is 24.3 Å². The minimum absolute atomic E-state index is 0.0574. The third-order valence-electron chi connectivity index (χ3n) is 2.86. The smallest absolute Gasteiger partial charge is 0.233 e. The number of carbonyl (C=O) groups is 1. The van der Waals surface area contributed by atoms with Crippen molar-refractivity contribution in [2.45, 2.75) is 12.8 Å². The number of nitrogens with one attached hydrogen (secondary N) is 1. The van der Waals surface area contributed by atoms with Crippen LogP contribution in [-0.4, -0.2) is 45.1 Å². The van der Waals surface area contributed by atoms with Gasteiger partial charge in [0.05, 0.1) is 13.7 Å². The quantitative estimate of drug-likeness (QED) is 0.793. The summed E-state index contributed by atoms with van der Waals surface area (Å²) >= 11 is 0. The molecule has 0 heterocycles. The zero-order chi connectivity index (χ0) is 13.4. The van der Waals surface area contributed by atoms with Crippen molar-refractivity contribution in [2.24, 2.45) is 0 Å². The second kappa shape index (κ2) is 7.71. The Morgan fingerprint density at radius 2 is 2.00 bits per heavy atom. The number of aryl methyl sites for hydroxylation is 1. The van der Waals surface area contributed by atoms with Gasteiger partial charge in [0, 0.05) is 7.05 Å². The summed E-state index contributed by atoms with van der Waals surface area (Å²) in [6, 6.07) is 8.11. The Morgan fingerprint density at radius 1 is 1.33 bits per heavy atom. The van der Waals surface area contributed by atoms with E-state index in [0.717, 1.165) is 25.1 Å². The number of hydrogen-bond acceptors (Lipinski definition) is 3. The number of likely N-dealkylation sites (N-methyl/N-ethyl adjacent to an activating group) is 2. The molecule has 0 spiro atoms. The highest BCUT2D eigenvalue weighted by molar-refractivity contribution is 5.77. The summed E-state index contributed by atoms with van der Waals surface area (Å²) in [5.41, 5.74) is 1.30.